The van der Waals surface area contributed by atoms with E-state index in [0.717, 1.165) is 11.3 Å². The molecule has 0 aliphatic heterocycles. The predicted octanol–water partition coefficient (Wildman–Crippen LogP) is 1.40. The number of nitrogens with two attached hydrogens (primary N) is 1. The highest BCUT2D eigenvalue weighted by atomic mass is 16.3. The van der Waals surface area contributed by atoms with Crippen LogP contribution >= 0.6 is 0 Å². The molecule has 60 valence electrons. The van der Waals surface area contributed by atoms with Gasteiger partial charge in [-0.25, -0.2) is 0 Å². The molecule has 0 aromatic heterocycles. The molecule has 2 heteroatoms. The first-order valence-electron chi connectivity index (χ1n) is 3.47. The third kappa shape index (κ3) is 4.39. The fourth-order valence-electron chi connectivity index (χ4n) is 0.788. The Balaban J connectivity index is 4.06. The van der Waals surface area contributed by atoms with Crippen LogP contribution in [0, 0.1) is 0 Å². The molecule has 0 unspecified atom stereocenters. The molecule has 0 radical (unpaired) electrons. The highest BCUT2D eigenvalue weighted by Gasteiger charge is 2.13. The van der Waals surface area contributed by atoms with E-state index in [1.807, 2.05) is 13.8 Å². The van der Waals surface area contributed by atoms with Gasteiger partial charge in [0, 0.05) is 5.70 Å². The lowest BCUT2D eigenvalue weighted by molar-refractivity contribution is 0.0807. The Morgan fingerprint density at radius 3 is 1.90 bits per heavy atom. The molecule has 3 N–H and O–H groups in total. The topological polar surface area (TPSA) is 46.2 Å². The Bertz CT molecular complexity index is 138. The van der Waals surface area contributed by atoms with Crippen molar-refractivity contribution in [1.29, 1.82) is 0 Å². The van der Waals surface area contributed by atoms with Crippen LogP contribution in [0.3, 0.4) is 0 Å². The number of hydrogen-bond donors (Lipinski definition) is 2. The highest BCUT2D eigenvalue weighted by Crippen LogP contribution is 2.15. The maximum absolute atomic E-state index is 9.35. The first kappa shape index (κ1) is 9.50. The van der Waals surface area contributed by atoms with Crippen molar-refractivity contribution in [1.82, 2.24) is 0 Å². The van der Waals surface area contributed by atoms with Crippen LogP contribution in [0.2, 0.25) is 0 Å². The summed E-state index contributed by atoms with van der Waals surface area (Å²) in [7, 11) is 0. The van der Waals surface area contributed by atoms with Crippen LogP contribution in [0.1, 0.15) is 34.1 Å². The molecule has 0 heterocycles. The van der Waals surface area contributed by atoms with Crippen molar-refractivity contribution in [3.8, 4) is 0 Å². The van der Waals surface area contributed by atoms with E-state index in [9.17, 15) is 5.11 Å². The van der Waals surface area contributed by atoms with Gasteiger partial charge in [-0.05, 0) is 34.1 Å². The van der Waals surface area contributed by atoms with Crippen LogP contribution in [0.15, 0.2) is 11.3 Å². The fraction of sp³-hybridized carbons (Fsp3) is 0.750. The minimum Gasteiger partial charge on any atom is -0.402 e. The molecule has 0 aliphatic rings. The first-order valence-corrected chi connectivity index (χ1v) is 3.47. The van der Waals surface area contributed by atoms with Crippen molar-refractivity contribution in [3.05, 3.63) is 11.3 Å². The van der Waals surface area contributed by atoms with Crippen molar-refractivity contribution < 1.29 is 5.11 Å². The number of hydrogen-bond acceptors (Lipinski definition) is 2. The normalized spacial score (nSPS) is 14.9. The van der Waals surface area contributed by atoms with Crippen LogP contribution in [-0.4, -0.2) is 10.7 Å². The van der Waals surface area contributed by atoms with Gasteiger partial charge >= 0.3 is 0 Å². The lowest BCUT2D eigenvalue weighted by Crippen LogP contribution is -2.19. The monoisotopic (exact) mass is 143 g/mol. The highest BCUT2D eigenvalue weighted by molar-refractivity contribution is 5.07. The Kier molecular flexibility index (Phi) is 2.91. The van der Waals surface area contributed by atoms with Gasteiger partial charge in [0.2, 0.25) is 0 Å². The quantitative estimate of drug-likeness (QED) is 0.613. The van der Waals surface area contributed by atoms with Crippen molar-refractivity contribution in [3.63, 3.8) is 0 Å². The van der Waals surface area contributed by atoms with Gasteiger partial charge in [-0.3, -0.25) is 0 Å². The van der Waals surface area contributed by atoms with Crippen LogP contribution < -0.4 is 5.73 Å². The Morgan fingerprint density at radius 1 is 1.40 bits per heavy atom. The second kappa shape index (κ2) is 3.06. The van der Waals surface area contributed by atoms with Gasteiger partial charge in [0.25, 0.3) is 0 Å². The zero-order valence-corrected chi connectivity index (χ0v) is 7.23. The standard InChI is InChI=1S/C8H17NO/c1-6(7(2)9)5-8(3,4)10/h10H,5,9H2,1-4H3/b7-6-. The maximum atomic E-state index is 9.35. The van der Waals surface area contributed by atoms with Crippen LogP contribution in [-0.2, 0) is 0 Å². The fourth-order valence-corrected chi connectivity index (χ4v) is 0.788. The summed E-state index contributed by atoms with van der Waals surface area (Å²) in [6.45, 7) is 7.34. The first-order chi connectivity index (χ1) is 4.33. The molecule has 10 heavy (non-hydrogen) atoms. The molecule has 0 atom stereocenters. The molecule has 0 saturated heterocycles. The Morgan fingerprint density at radius 2 is 1.80 bits per heavy atom. The van der Waals surface area contributed by atoms with E-state index in [1.165, 1.54) is 0 Å². The third-order valence-corrected chi connectivity index (χ3v) is 1.37. The van der Waals surface area contributed by atoms with Gasteiger partial charge in [-0.1, -0.05) is 5.57 Å². The van der Waals surface area contributed by atoms with Gasteiger partial charge in [0.15, 0.2) is 0 Å². The molecule has 0 bridgehead atoms. The molecule has 0 aromatic carbocycles. The zero-order chi connectivity index (χ0) is 8.36. The maximum Gasteiger partial charge on any atom is 0.0629 e. The smallest absolute Gasteiger partial charge is 0.0629 e. The Labute approximate surface area is 62.7 Å². The Hall–Kier alpha value is -0.500. The van der Waals surface area contributed by atoms with Crippen LogP contribution in [0.5, 0.6) is 0 Å². The molecule has 0 rings (SSSR count). The van der Waals surface area contributed by atoms with Gasteiger partial charge in [-0.15, -0.1) is 0 Å². The van der Waals surface area contributed by atoms with E-state index in [4.69, 9.17) is 5.73 Å². The van der Waals surface area contributed by atoms with E-state index in [0.29, 0.717) is 6.42 Å². The summed E-state index contributed by atoms with van der Waals surface area (Å²) in [6.07, 6.45) is 0.648. The third-order valence-electron chi connectivity index (χ3n) is 1.37. The predicted molar refractivity (Wildman–Crippen MR) is 43.5 cm³/mol. The van der Waals surface area contributed by atoms with Crippen molar-refractivity contribution in [2.24, 2.45) is 5.73 Å². The molecular weight excluding hydrogens is 126 g/mol. The summed E-state index contributed by atoms with van der Waals surface area (Å²) in [5.74, 6) is 0. The van der Waals surface area contributed by atoms with E-state index in [1.54, 1.807) is 13.8 Å². The molecule has 0 fully saturated rings. The van der Waals surface area contributed by atoms with E-state index < -0.39 is 5.60 Å². The average molecular weight is 143 g/mol. The largest absolute Gasteiger partial charge is 0.402 e. The number of allylic oxidation sites excluding steroid dienone is 1. The molecule has 0 amide bonds. The second-order valence-corrected chi connectivity index (χ2v) is 3.45. The van der Waals surface area contributed by atoms with Gasteiger partial charge in [0.1, 0.15) is 0 Å². The summed E-state index contributed by atoms with van der Waals surface area (Å²) >= 11 is 0. The summed E-state index contributed by atoms with van der Waals surface area (Å²) < 4.78 is 0. The SMILES string of the molecule is C/C(N)=C(\C)CC(C)(C)O. The number of rotatable bonds is 2. The molecule has 0 aliphatic carbocycles. The zero-order valence-electron chi connectivity index (χ0n) is 7.23. The molecule has 0 aromatic rings. The minimum absolute atomic E-state index is 0.634. The molecule has 0 saturated carbocycles. The van der Waals surface area contributed by atoms with Crippen LogP contribution in [0.4, 0.5) is 0 Å². The van der Waals surface area contributed by atoms with Gasteiger partial charge in [0.05, 0.1) is 5.60 Å². The summed E-state index contributed by atoms with van der Waals surface area (Å²) in [6, 6.07) is 0. The second-order valence-electron chi connectivity index (χ2n) is 3.45. The molecule has 2 nitrogen and oxygen atoms in total. The summed E-state index contributed by atoms with van der Waals surface area (Å²) in [4.78, 5) is 0. The minimum atomic E-state index is -0.634. The van der Waals surface area contributed by atoms with Crippen molar-refractivity contribution >= 4 is 0 Å². The summed E-state index contributed by atoms with van der Waals surface area (Å²) in [5, 5.41) is 9.35. The van der Waals surface area contributed by atoms with Gasteiger partial charge in [-0.2, -0.15) is 0 Å². The summed E-state index contributed by atoms with van der Waals surface area (Å²) in [5.41, 5.74) is 6.75. The van der Waals surface area contributed by atoms with Gasteiger partial charge < -0.3 is 10.8 Å². The average Bonchev–Trinajstić information content (AvgIpc) is 1.60. The lowest BCUT2D eigenvalue weighted by Gasteiger charge is -2.17. The van der Waals surface area contributed by atoms with Crippen molar-refractivity contribution in [2.45, 2.75) is 39.7 Å². The molecular formula is C8H17NO. The molecule has 0 spiro atoms. The van der Waals surface area contributed by atoms with Crippen molar-refractivity contribution in [2.75, 3.05) is 0 Å². The van der Waals surface area contributed by atoms with Crippen LogP contribution in [0.25, 0.3) is 0 Å². The number of aliphatic hydroxyl groups is 1. The van der Waals surface area contributed by atoms with E-state index >= 15 is 0 Å². The lowest BCUT2D eigenvalue weighted by atomic mass is 9.99. The van der Waals surface area contributed by atoms with E-state index in [-0.39, 0.29) is 0 Å². The van der Waals surface area contributed by atoms with E-state index in [2.05, 4.69) is 0 Å².